The molecule has 0 radical (unpaired) electrons. The summed E-state index contributed by atoms with van der Waals surface area (Å²) in [5.41, 5.74) is 6.61. The third kappa shape index (κ3) is 1.25. The van der Waals surface area contributed by atoms with Crippen molar-refractivity contribution in [3.8, 4) is 0 Å². The Hall–Kier alpha value is -1.51. The summed E-state index contributed by atoms with van der Waals surface area (Å²) in [5.74, 6) is 0.565. The third-order valence-corrected chi connectivity index (χ3v) is 1.85. The highest BCUT2D eigenvalue weighted by Crippen LogP contribution is 2.14. The van der Waals surface area contributed by atoms with E-state index in [4.69, 9.17) is 5.73 Å². The van der Waals surface area contributed by atoms with Gasteiger partial charge in [-0.1, -0.05) is 12.2 Å². The second kappa shape index (κ2) is 2.85. The average molecular weight is 161 g/mol. The molecular formula is C9H11N3. The van der Waals surface area contributed by atoms with Crippen LogP contribution in [0.25, 0.3) is 5.70 Å². The summed E-state index contributed by atoms with van der Waals surface area (Å²) in [6, 6.07) is 1.79. The first-order valence-corrected chi connectivity index (χ1v) is 4.04. The molecule has 1 aliphatic rings. The summed E-state index contributed by atoms with van der Waals surface area (Å²) >= 11 is 0. The molecule has 1 aliphatic carbocycles. The minimum Gasteiger partial charge on any atom is -0.382 e. The molecule has 0 atom stereocenters. The van der Waals surface area contributed by atoms with Gasteiger partial charge in [0.15, 0.2) is 0 Å². The number of anilines is 1. The van der Waals surface area contributed by atoms with Crippen LogP contribution in [0.3, 0.4) is 0 Å². The molecule has 0 amide bonds. The molecule has 0 saturated heterocycles. The van der Waals surface area contributed by atoms with Crippen molar-refractivity contribution in [2.24, 2.45) is 0 Å². The first kappa shape index (κ1) is 7.16. The second-order valence-corrected chi connectivity index (χ2v) is 2.79. The minimum atomic E-state index is 0.565. The Labute approximate surface area is 71.2 Å². The molecular weight excluding hydrogens is 150 g/mol. The molecule has 0 fully saturated rings. The molecule has 1 aromatic heterocycles. The topological polar surface area (TPSA) is 43.8 Å². The lowest BCUT2D eigenvalue weighted by Gasteiger charge is -2.05. The molecule has 1 aromatic rings. The highest BCUT2D eigenvalue weighted by atomic mass is 15.3. The maximum Gasteiger partial charge on any atom is 0.145 e. The van der Waals surface area contributed by atoms with E-state index in [0.717, 1.165) is 18.5 Å². The number of nitrogens with two attached hydrogens (primary N) is 1. The minimum absolute atomic E-state index is 0.565. The lowest BCUT2D eigenvalue weighted by molar-refractivity contribution is 0.893. The number of allylic oxidation sites excluding steroid dienone is 4. The van der Waals surface area contributed by atoms with E-state index in [1.54, 1.807) is 10.7 Å². The van der Waals surface area contributed by atoms with Crippen LogP contribution >= 0.6 is 0 Å². The van der Waals surface area contributed by atoms with Gasteiger partial charge in [-0.05, 0) is 18.9 Å². The van der Waals surface area contributed by atoms with Gasteiger partial charge >= 0.3 is 0 Å². The Bertz CT molecular complexity index is 333. The number of nitrogen functional groups attached to an aromatic ring is 1. The molecule has 3 heteroatoms. The number of hydrogen-bond donors (Lipinski definition) is 1. The van der Waals surface area contributed by atoms with Gasteiger partial charge in [0.1, 0.15) is 5.82 Å². The zero-order valence-electron chi connectivity index (χ0n) is 6.77. The molecule has 0 bridgehead atoms. The SMILES string of the molecule is Nc1ccn(C2=CCCC=C2)n1. The van der Waals surface area contributed by atoms with Gasteiger partial charge in [0.2, 0.25) is 0 Å². The van der Waals surface area contributed by atoms with Crippen LogP contribution in [0.2, 0.25) is 0 Å². The van der Waals surface area contributed by atoms with Crippen molar-refractivity contribution in [2.75, 3.05) is 5.73 Å². The standard InChI is InChI=1S/C9H11N3/c10-9-6-7-12(11-9)8-4-2-1-3-5-8/h2,4-7H,1,3H2,(H2,10,11). The maximum absolute atomic E-state index is 5.50. The van der Waals surface area contributed by atoms with Crippen molar-refractivity contribution in [3.63, 3.8) is 0 Å². The monoisotopic (exact) mass is 161 g/mol. The number of aromatic nitrogens is 2. The lowest BCUT2D eigenvalue weighted by Crippen LogP contribution is -1.98. The summed E-state index contributed by atoms with van der Waals surface area (Å²) in [6.45, 7) is 0. The zero-order valence-corrected chi connectivity index (χ0v) is 6.77. The van der Waals surface area contributed by atoms with Crippen LogP contribution in [-0.4, -0.2) is 9.78 Å². The van der Waals surface area contributed by atoms with Crippen LogP contribution < -0.4 is 5.73 Å². The molecule has 12 heavy (non-hydrogen) atoms. The fourth-order valence-electron chi connectivity index (χ4n) is 1.25. The molecule has 0 spiro atoms. The van der Waals surface area contributed by atoms with Crippen molar-refractivity contribution in [2.45, 2.75) is 12.8 Å². The molecule has 2 rings (SSSR count). The van der Waals surface area contributed by atoms with Crippen LogP contribution in [-0.2, 0) is 0 Å². The quantitative estimate of drug-likeness (QED) is 0.680. The van der Waals surface area contributed by atoms with E-state index in [9.17, 15) is 0 Å². The van der Waals surface area contributed by atoms with Gasteiger partial charge in [0.05, 0.1) is 5.70 Å². The fraction of sp³-hybridized carbons (Fsp3) is 0.222. The summed E-state index contributed by atoms with van der Waals surface area (Å²) in [7, 11) is 0. The van der Waals surface area contributed by atoms with Gasteiger partial charge in [-0.15, -0.1) is 0 Å². The van der Waals surface area contributed by atoms with Crippen molar-refractivity contribution in [1.29, 1.82) is 0 Å². The van der Waals surface area contributed by atoms with E-state index in [0.29, 0.717) is 5.82 Å². The highest BCUT2D eigenvalue weighted by Gasteiger charge is 2.00. The summed E-state index contributed by atoms with van der Waals surface area (Å²) in [4.78, 5) is 0. The molecule has 1 heterocycles. The van der Waals surface area contributed by atoms with E-state index in [2.05, 4.69) is 23.3 Å². The van der Waals surface area contributed by atoms with E-state index in [-0.39, 0.29) is 0 Å². The largest absolute Gasteiger partial charge is 0.382 e. The van der Waals surface area contributed by atoms with E-state index in [1.807, 2.05) is 6.20 Å². The highest BCUT2D eigenvalue weighted by molar-refractivity contribution is 5.58. The van der Waals surface area contributed by atoms with E-state index in [1.165, 1.54) is 0 Å². The van der Waals surface area contributed by atoms with Gasteiger partial charge in [0, 0.05) is 12.3 Å². The molecule has 3 nitrogen and oxygen atoms in total. The van der Waals surface area contributed by atoms with Gasteiger partial charge in [-0.3, -0.25) is 0 Å². The van der Waals surface area contributed by atoms with Crippen molar-refractivity contribution in [1.82, 2.24) is 9.78 Å². The van der Waals surface area contributed by atoms with E-state index < -0.39 is 0 Å². The Morgan fingerprint density at radius 3 is 2.92 bits per heavy atom. The zero-order chi connectivity index (χ0) is 8.39. The third-order valence-electron chi connectivity index (χ3n) is 1.85. The maximum atomic E-state index is 5.50. The van der Waals surface area contributed by atoms with Crippen molar-refractivity contribution < 1.29 is 0 Å². The Morgan fingerprint density at radius 2 is 2.33 bits per heavy atom. The molecule has 2 N–H and O–H groups in total. The van der Waals surface area contributed by atoms with Gasteiger partial charge in [0.25, 0.3) is 0 Å². The average Bonchev–Trinajstić information content (AvgIpc) is 2.54. The number of rotatable bonds is 1. The summed E-state index contributed by atoms with van der Waals surface area (Å²) in [6.07, 6.45) is 10.5. The van der Waals surface area contributed by atoms with E-state index >= 15 is 0 Å². The predicted octanol–water partition coefficient (Wildman–Crippen LogP) is 1.66. The summed E-state index contributed by atoms with van der Waals surface area (Å²) in [5, 5.41) is 4.11. The lowest BCUT2D eigenvalue weighted by atomic mass is 10.1. The van der Waals surface area contributed by atoms with Crippen LogP contribution in [0.5, 0.6) is 0 Å². The Kier molecular flexibility index (Phi) is 1.70. The molecule has 0 aliphatic heterocycles. The fourth-order valence-corrected chi connectivity index (χ4v) is 1.25. The Balaban J connectivity index is 2.30. The number of hydrogen-bond acceptors (Lipinski definition) is 2. The van der Waals surface area contributed by atoms with Gasteiger partial charge < -0.3 is 5.73 Å². The first-order chi connectivity index (χ1) is 5.86. The predicted molar refractivity (Wildman–Crippen MR) is 49.3 cm³/mol. The second-order valence-electron chi connectivity index (χ2n) is 2.79. The first-order valence-electron chi connectivity index (χ1n) is 4.04. The molecule has 0 unspecified atom stereocenters. The van der Waals surface area contributed by atoms with Crippen molar-refractivity contribution in [3.05, 3.63) is 30.5 Å². The molecule has 0 saturated carbocycles. The van der Waals surface area contributed by atoms with Crippen LogP contribution in [0.4, 0.5) is 5.82 Å². The smallest absolute Gasteiger partial charge is 0.145 e. The van der Waals surface area contributed by atoms with Gasteiger partial charge in [-0.25, -0.2) is 4.68 Å². The number of nitrogens with zero attached hydrogens (tertiary/aromatic N) is 2. The molecule has 62 valence electrons. The van der Waals surface area contributed by atoms with Crippen molar-refractivity contribution >= 4 is 11.5 Å². The van der Waals surface area contributed by atoms with Gasteiger partial charge in [-0.2, -0.15) is 5.10 Å². The molecule has 0 aromatic carbocycles. The normalized spacial score (nSPS) is 16.2. The summed E-state index contributed by atoms with van der Waals surface area (Å²) < 4.78 is 1.80. The van der Waals surface area contributed by atoms with Crippen LogP contribution in [0.1, 0.15) is 12.8 Å². The van der Waals surface area contributed by atoms with Crippen LogP contribution in [0, 0.1) is 0 Å². The van der Waals surface area contributed by atoms with Crippen LogP contribution in [0.15, 0.2) is 30.5 Å². The Morgan fingerprint density at radius 1 is 1.42 bits per heavy atom.